The van der Waals surface area contributed by atoms with Crippen molar-refractivity contribution in [2.75, 3.05) is 43.5 Å². The van der Waals surface area contributed by atoms with Gasteiger partial charge in [0.05, 0.1) is 17.0 Å². The van der Waals surface area contributed by atoms with E-state index in [0.29, 0.717) is 23.6 Å². The molecule has 3 aromatic rings. The normalized spacial score (nSPS) is 13.9. The van der Waals surface area contributed by atoms with Crippen LogP contribution in [0.2, 0.25) is 0 Å². The Hall–Kier alpha value is -4.10. The van der Waals surface area contributed by atoms with E-state index in [1.54, 1.807) is 0 Å². The van der Waals surface area contributed by atoms with Crippen LogP contribution in [0.15, 0.2) is 72.8 Å². The Balaban J connectivity index is 1.70. The average molecular weight is 513 g/mol. The zero-order valence-electron chi connectivity index (χ0n) is 22.6. The van der Waals surface area contributed by atoms with Crippen molar-refractivity contribution in [1.29, 1.82) is 0 Å². The number of fused-ring (bicyclic) bond motifs is 1. The van der Waals surface area contributed by atoms with Gasteiger partial charge < -0.3 is 20.3 Å². The summed E-state index contributed by atoms with van der Waals surface area (Å²) in [5.41, 5.74) is 5.12. The Bertz CT molecular complexity index is 1300. The molecule has 198 valence electrons. The summed E-state index contributed by atoms with van der Waals surface area (Å²) in [5, 5.41) is 6.08. The molecular weight excluding hydrogens is 476 g/mol. The van der Waals surface area contributed by atoms with Crippen LogP contribution < -0.4 is 20.3 Å². The number of imide groups is 1. The van der Waals surface area contributed by atoms with Gasteiger partial charge in [-0.3, -0.25) is 4.79 Å². The molecule has 7 heteroatoms. The summed E-state index contributed by atoms with van der Waals surface area (Å²) in [6, 6.07) is 22.8. The number of benzene rings is 3. The van der Waals surface area contributed by atoms with Gasteiger partial charge in [0.1, 0.15) is 12.4 Å². The topological polar surface area (TPSA) is 73.9 Å². The molecule has 0 unspecified atom stereocenters. The lowest BCUT2D eigenvalue weighted by atomic mass is 9.98. The molecule has 2 N–H and O–H groups in total. The van der Waals surface area contributed by atoms with Gasteiger partial charge in [-0.15, -0.1) is 0 Å². The highest BCUT2D eigenvalue weighted by Crippen LogP contribution is 2.42. The number of nitrogens with one attached hydrogen (secondary N) is 2. The van der Waals surface area contributed by atoms with E-state index >= 15 is 0 Å². The smallest absolute Gasteiger partial charge is 0.328 e. The van der Waals surface area contributed by atoms with Crippen molar-refractivity contribution in [2.45, 2.75) is 27.2 Å². The first-order chi connectivity index (χ1) is 18.5. The number of hydrogen-bond acceptors (Lipinski definition) is 5. The molecule has 1 heterocycles. The summed E-state index contributed by atoms with van der Waals surface area (Å²) >= 11 is 0. The van der Waals surface area contributed by atoms with Crippen LogP contribution in [0.1, 0.15) is 37.5 Å². The molecule has 3 amide bonds. The largest absolute Gasteiger partial charge is 0.492 e. The maximum atomic E-state index is 13.8. The maximum absolute atomic E-state index is 13.8. The van der Waals surface area contributed by atoms with Gasteiger partial charge in [-0.1, -0.05) is 63.2 Å². The van der Waals surface area contributed by atoms with Crippen LogP contribution in [-0.4, -0.2) is 50.1 Å². The molecule has 0 radical (unpaired) electrons. The average Bonchev–Trinajstić information content (AvgIpc) is 3.25. The van der Waals surface area contributed by atoms with Crippen molar-refractivity contribution in [1.82, 2.24) is 10.2 Å². The highest BCUT2D eigenvalue weighted by molar-refractivity contribution is 6.43. The van der Waals surface area contributed by atoms with Gasteiger partial charge in [0.15, 0.2) is 0 Å². The van der Waals surface area contributed by atoms with E-state index in [1.807, 2.05) is 79.7 Å². The van der Waals surface area contributed by atoms with Crippen LogP contribution in [0, 0.1) is 0 Å². The molecule has 3 aromatic carbocycles. The fraction of sp³-hybridized carbons (Fsp3) is 0.290. The molecule has 0 atom stereocenters. The van der Waals surface area contributed by atoms with Gasteiger partial charge in [-0.05, 0) is 61.0 Å². The van der Waals surface area contributed by atoms with Gasteiger partial charge in [-0.25, -0.2) is 9.69 Å². The molecule has 0 fully saturated rings. The molecule has 0 aliphatic carbocycles. The Morgan fingerprint density at radius 3 is 2.29 bits per heavy atom. The predicted molar refractivity (Wildman–Crippen MR) is 154 cm³/mol. The molecule has 0 saturated heterocycles. The van der Waals surface area contributed by atoms with E-state index < -0.39 is 6.03 Å². The number of nitrogens with zero attached hydrogens (tertiary/aromatic N) is 2. The van der Waals surface area contributed by atoms with Gasteiger partial charge in [-0.2, -0.15) is 0 Å². The lowest BCUT2D eigenvalue weighted by molar-refractivity contribution is -0.112. The second-order valence-electron chi connectivity index (χ2n) is 9.04. The summed E-state index contributed by atoms with van der Waals surface area (Å²) in [5.74, 6) is 0.423. The number of aryl methyl sites for hydroxylation is 1. The highest BCUT2D eigenvalue weighted by Gasteiger charge is 2.39. The van der Waals surface area contributed by atoms with E-state index in [0.717, 1.165) is 54.2 Å². The van der Waals surface area contributed by atoms with Crippen LogP contribution in [0.25, 0.3) is 11.3 Å². The quantitative estimate of drug-likeness (QED) is 0.344. The Morgan fingerprint density at radius 2 is 1.66 bits per heavy atom. The van der Waals surface area contributed by atoms with Crippen LogP contribution in [0.3, 0.4) is 0 Å². The molecule has 0 saturated carbocycles. The molecular formula is C31H36N4O3. The Labute approximate surface area is 225 Å². The number of carbonyl (C=O) groups excluding carboxylic acids is 2. The van der Waals surface area contributed by atoms with Crippen molar-refractivity contribution < 1.29 is 14.3 Å². The first-order valence-corrected chi connectivity index (χ1v) is 13.2. The minimum atomic E-state index is -0.460. The predicted octanol–water partition coefficient (Wildman–Crippen LogP) is 5.64. The first-order valence-electron chi connectivity index (χ1n) is 13.2. The number of likely N-dealkylation sites (N-methyl/N-ethyl adjacent to an activating group) is 1. The molecule has 1 aliphatic heterocycles. The van der Waals surface area contributed by atoms with Crippen LogP contribution in [-0.2, 0) is 11.2 Å². The van der Waals surface area contributed by atoms with Crippen LogP contribution in [0.5, 0.6) is 5.75 Å². The fourth-order valence-electron chi connectivity index (χ4n) is 4.58. The molecule has 0 aromatic heterocycles. The van der Waals surface area contributed by atoms with Crippen LogP contribution >= 0.6 is 0 Å². The Kier molecular flexibility index (Phi) is 8.81. The molecule has 7 nitrogen and oxygen atoms in total. The van der Waals surface area contributed by atoms with Crippen LogP contribution in [0.4, 0.5) is 16.2 Å². The SMILES string of the molecule is CCc1ccc2c(c1)N(C(=O)NC)C(=O)C2=C(Nc1ccc(OCCN(CC)CC)cc1)c1ccccc1. The minimum absolute atomic E-state index is 0.365. The zero-order chi connectivity index (χ0) is 27.1. The summed E-state index contributed by atoms with van der Waals surface area (Å²) < 4.78 is 5.94. The molecule has 1 aliphatic rings. The van der Waals surface area contributed by atoms with E-state index in [2.05, 4.69) is 29.4 Å². The number of anilines is 2. The number of rotatable bonds is 10. The van der Waals surface area contributed by atoms with Gasteiger partial charge in [0, 0.05) is 24.8 Å². The van der Waals surface area contributed by atoms with Crippen molar-refractivity contribution in [2.24, 2.45) is 0 Å². The molecule has 0 spiro atoms. The number of urea groups is 1. The molecule has 4 rings (SSSR count). The first kappa shape index (κ1) is 26.9. The van der Waals surface area contributed by atoms with Gasteiger partial charge in [0.25, 0.3) is 5.91 Å². The zero-order valence-corrected chi connectivity index (χ0v) is 22.6. The number of ether oxygens (including phenoxy) is 1. The maximum Gasteiger partial charge on any atom is 0.328 e. The van der Waals surface area contributed by atoms with E-state index in [9.17, 15) is 9.59 Å². The summed E-state index contributed by atoms with van der Waals surface area (Å²) in [4.78, 5) is 30.1. The van der Waals surface area contributed by atoms with Gasteiger partial charge >= 0.3 is 6.03 Å². The summed E-state index contributed by atoms with van der Waals surface area (Å²) in [7, 11) is 1.53. The molecule has 0 bridgehead atoms. The highest BCUT2D eigenvalue weighted by atomic mass is 16.5. The van der Waals surface area contributed by atoms with Crippen molar-refractivity contribution in [3.63, 3.8) is 0 Å². The van der Waals surface area contributed by atoms with E-state index in [4.69, 9.17) is 4.74 Å². The third kappa shape index (κ3) is 5.73. The lowest BCUT2D eigenvalue weighted by Crippen LogP contribution is -2.40. The monoisotopic (exact) mass is 512 g/mol. The summed E-state index contributed by atoms with van der Waals surface area (Å²) in [6.07, 6.45) is 0.801. The molecule has 38 heavy (non-hydrogen) atoms. The number of hydrogen-bond donors (Lipinski definition) is 2. The second-order valence-corrected chi connectivity index (χ2v) is 9.04. The van der Waals surface area contributed by atoms with Crippen molar-refractivity contribution in [3.8, 4) is 5.75 Å². The lowest BCUT2D eigenvalue weighted by Gasteiger charge is -2.18. The second kappa shape index (κ2) is 12.4. The van der Waals surface area contributed by atoms with Crippen molar-refractivity contribution in [3.05, 3.63) is 89.5 Å². The third-order valence-corrected chi connectivity index (χ3v) is 6.82. The Morgan fingerprint density at radius 1 is 0.947 bits per heavy atom. The standard InChI is InChI=1S/C31H36N4O3/c1-5-22-13-18-26-27(21-22)35(31(37)32-4)30(36)28(26)29(23-11-9-8-10-12-23)33-24-14-16-25(17-15-24)38-20-19-34(6-2)7-3/h8-18,21,33H,5-7,19-20H2,1-4H3,(H,32,37). The number of carbonyl (C=O) groups is 2. The summed E-state index contributed by atoms with van der Waals surface area (Å²) in [6.45, 7) is 9.83. The van der Waals surface area contributed by atoms with Crippen molar-refractivity contribution >= 4 is 34.6 Å². The van der Waals surface area contributed by atoms with E-state index in [-0.39, 0.29) is 5.91 Å². The number of amides is 3. The third-order valence-electron chi connectivity index (χ3n) is 6.82. The van der Waals surface area contributed by atoms with Gasteiger partial charge in [0.2, 0.25) is 0 Å². The van der Waals surface area contributed by atoms with E-state index in [1.165, 1.54) is 11.9 Å². The minimum Gasteiger partial charge on any atom is -0.492 e. The fourth-order valence-corrected chi connectivity index (χ4v) is 4.58.